The largest absolute Gasteiger partial charge is 0.395 e. The molecule has 0 fully saturated rings. The fraction of sp³-hybridized carbons (Fsp3) is 0.667. The summed E-state index contributed by atoms with van der Waals surface area (Å²) in [7, 11) is 3.94. The number of H-pyrrole nitrogens is 1. The average Bonchev–Trinajstić information content (AvgIpc) is 2.67. The number of carbonyl (C=O) groups is 1. The van der Waals surface area contributed by atoms with Crippen LogP contribution in [0.3, 0.4) is 0 Å². The predicted molar refractivity (Wildman–Crippen MR) is 72.6 cm³/mol. The van der Waals surface area contributed by atoms with Gasteiger partial charge in [-0.25, -0.2) is 0 Å². The van der Waals surface area contributed by atoms with Crippen LogP contribution in [0.1, 0.15) is 42.9 Å². The number of nitrogens with zero attached hydrogens (tertiary/aromatic N) is 2. The number of nitrogens with two attached hydrogens (primary N) is 1. The van der Waals surface area contributed by atoms with Gasteiger partial charge in [0, 0.05) is 12.6 Å². The lowest BCUT2D eigenvalue weighted by Crippen LogP contribution is -2.38. The van der Waals surface area contributed by atoms with Gasteiger partial charge in [-0.3, -0.25) is 9.89 Å². The van der Waals surface area contributed by atoms with Crippen LogP contribution in [-0.4, -0.2) is 47.7 Å². The molecule has 1 heterocycles. The van der Waals surface area contributed by atoms with Crippen LogP contribution in [0.5, 0.6) is 0 Å². The molecule has 6 heteroatoms. The molecular formula is C12H23N5O. The van der Waals surface area contributed by atoms with Gasteiger partial charge < -0.3 is 16.0 Å². The van der Waals surface area contributed by atoms with Crippen molar-refractivity contribution in [3.8, 4) is 0 Å². The Morgan fingerprint density at radius 1 is 1.44 bits per heavy atom. The number of amides is 1. The monoisotopic (exact) mass is 253 g/mol. The lowest BCUT2D eigenvalue weighted by molar-refractivity contribution is 0.0939. The van der Waals surface area contributed by atoms with Gasteiger partial charge in [-0.15, -0.1) is 0 Å². The Balaban J connectivity index is 2.68. The van der Waals surface area contributed by atoms with Gasteiger partial charge in [-0.05, 0) is 26.9 Å². The van der Waals surface area contributed by atoms with Crippen molar-refractivity contribution in [2.24, 2.45) is 0 Å². The van der Waals surface area contributed by atoms with E-state index < -0.39 is 0 Å². The molecule has 0 aliphatic carbocycles. The molecule has 1 amide bonds. The Morgan fingerprint density at radius 3 is 2.50 bits per heavy atom. The third-order valence-corrected chi connectivity index (χ3v) is 3.07. The zero-order valence-electron chi connectivity index (χ0n) is 11.7. The molecule has 0 saturated heterocycles. The highest BCUT2D eigenvalue weighted by Gasteiger charge is 2.19. The van der Waals surface area contributed by atoms with E-state index in [1.165, 1.54) is 0 Å². The second-order valence-electron chi connectivity index (χ2n) is 5.08. The van der Waals surface area contributed by atoms with Gasteiger partial charge in [0.1, 0.15) is 0 Å². The normalized spacial score (nSPS) is 13.1. The van der Waals surface area contributed by atoms with E-state index >= 15 is 0 Å². The molecule has 0 aliphatic heterocycles. The van der Waals surface area contributed by atoms with Crippen molar-refractivity contribution in [3.05, 3.63) is 11.4 Å². The number of hydrogen-bond donors (Lipinski definition) is 3. The maximum absolute atomic E-state index is 11.9. The lowest BCUT2D eigenvalue weighted by Gasteiger charge is -2.19. The molecular weight excluding hydrogens is 230 g/mol. The molecule has 0 spiro atoms. The van der Waals surface area contributed by atoms with Crippen molar-refractivity contribution in [2.75, 3.05) is 26.4 Å². The molecule has 1 rings (SSSR count). The molecule has 0 saturated carbocycles. The summed E-state index contributed by atoms with van der Waals surface area (Å²) in [5, 5.41) is 9.63. The second kappa shape index (κ2) is 5.86. The summed E-state index contributed by atoms with van der Waals surface area (Å²) in [6.07, 6.45) is 0. The number of likely N-dealkylation sites (N-methyl/N-ethyl adjacent to an activating group) is 1. The SMILES string of the molecule is CC(C)c1[nH]nc(C(=O)NCC(C)N(C)C)c1N. The van der Waals surface area contributed by atoms with Crippen molar-refractivity contribution in [1.82, 2.24) is 20.4 Å². The highest BCUT2D eigenvalue weighted by Crippen LogP contribution is 2.21. The van der Waals surface area contributed by atoms with E-state index in [1.807, 2.05) is 39.8 Å². The zero-order chi connectivity index (χ0) is 13.9. The van der Waals surface area contributed by atoms with Crippen LogP contribution >= 0.6 is 0 Å². The average molecular weight is 253 g/mol. The molecule has 4 N–H and O–H groups in total. The Kier molecular flexibility index (Phi) is 4.72. The summed E-state index contributed by atoms with van der Waals surface area (Å²) in [5.41, 5.74) is 7.44. The molecule has 0 radical (unpaired) electrons. The molecule has 102 valence electrons. The third-order valence-electron chi connectivity index (χ3n) is 3.07. The van der Waals surface area contributed by atoms with Crippen LogP contribution in [-0.2, 0) is 0 Å². The number of aromatic amines is 1. The first-order chi connectivity index (χ1) is 8.34. The van der Waals surface area contributed by atoms with Gasteiger partial charge >= 0.3 is 0 Å². The fourth-order valence-electron chi connectivity index (χ4n) is 1.48. The van der Waals surface area contributed by atoms with Gasteiger partial charge in [0.05, 0.1) is 11.4 Å². The van der Waals surface area contributed by atoms with Crippen LogP contribution < -0.4 is 11.1 Å². The van der Waals surface area contributed by atoms with Gasteiger partial charge in [-0.1, -0.05) is 13.8 Å². The van der Waals surface area contributed by atoms with E-state index in [-0.39, 0.29) is 23.6 Å². The first-order valence-electron chi connectivity index (χ1n) is 6.13. The van der Waals surface area contributed by atoms with Crippen molar-refractivity contribution < 1.29 is 4.79 Å². The minimum atomic E-state index is -0.232. The number of anilines is 1. The maximum Gasteiger partial charge on any atom is 0.273 e. The number of nitrogen functional groups attached to an aromatic ring is 1. The number of hydrogen-bond acceptors (Lipinski definition) is 4. The smallest absolute Gasteiger partial charge is 0.273 e. The van der Waals surface area contributed by atoms with E-state index in [0.717, 1.165) is 5.69 Å². The molecule has 6 nitrogen and oxygen atoms in total. The summed E-state index contributed by atoms with van der Waals surface area (Å²) < 4.78 is 0. The van der Waals surface area contributed by atoms with E-state index in [1.54, 1.807) is 0 Å². The summed E-state index contributed by atoms with van der Waals surface area (Å²) in [6, 6.07) is 0.263. The molecule has 1 atom stereocenters. The Morgan fingerprint density at radius 2 is 2.06 bits per heavy atom. The Bertz CT molecular complexity index is 411. The number of carbonyl (C=O) groups excluding carboxylic acids is 1. The van der Waals surface area contributed by atoms with Gasteiger partial charge in [0.2, 0.25) is 0 Å². The molecule has 0 aromatic carbocycles. The van der Waals surface area contributed by atoms with E-state index in [9.17, 15) is 4.79 Å². The minimum Gasteiger partial charge on any atom is -0.395 e. The molecule has 1 unspecified atom stereocenters. The van der Waals surface area contributed by atoms with E-state index in [4.69, 9.17) is 5.73 Å². The second-order valence-corrected chi connectivity index (χ2v) is 5.08. The van der Waals surface area contributed by atoms with Gasteiger partial charge in [0.25, 0.3) is 5.91 Å². The van der Waals surface area contributed by atoms with Gasteiger partial charge in [-0.2, -0.15) is 5.10 Å². The standard InChI is InChI=1S/C12H23N5O/c1-7(2)10-9(13)11(16-15-10)12(18)14-6-8(3)17(4)5/h7-8H,6,13H2,1-5H3,(H,14,18)(H,15,16). The van der Waals surface area contributed by atoms with E-state index in [0.29, 0.717) is 12.2 Å². The highest BCUT2D eigenvalue weighted by molar-refractivity contribution is 5.97. The molecule has 0 aliphatic rings. The van der Waals surface area contributed by atoms with Crippen molar-refractivity contribution in [1.29, 1.82) is 0 Å². The summed E-state index contributed by atoms with van der Waals surface area (Å²) in [5.74, 6) is -0.0101. The third kappa shape index (κ3) is 3.22. The molecule has 0 bridgehead atoms. The van der Waals surface area contributed by atoms with Crippen LogP contribution in [0.4, 0.5) is 5.69 Å². The maximum atomic E-state index is 11.9. The Hall–Kier alpha value is -1.56. The van der Waals surface area contributed by atoms with Crippen molar-refractivity contribution in [2.45, 2.75) is 32.7 Å². The van der Waals surface area contributed by atoms with Crippen LogP contribution in [0.25, 0.3) is 0 Å². The molecule has 1 aromatic rings. The van der Waals surface area contributed by atoms with Crippen LogP contribution in [0.2, 0.25) is 0 Å². The predicted octanol–water partition coefficient (Wildman–Crippen LogP) is 0.795. The summed E-state index contributed by atoms with van der Waals surface area (Å²) in [6.45, 7) is 6.60. The van der Waals surface area contributed by atoms with E-state index in [2.05, 4.69) is 15.5 Å². The minimum absolute atomic E-state index is 0.222. The summed E-state index contributed by atoms with van der Waals surface area (Å²) >= 11 is 0. The van der Waals surface area contributed by atoms with Crippen molar-refractivity contribution in [3.63, 3.8) is 0 Å². The van der Waals surface area contributed by atoms with Gasteiger partial charge in [0.15, 0.2) is 5.69 Å². The molecule has 18 heavy (non-hydrogen) atoms. The lowest BCUT2D eigenvalue weighted by atomic mass is 10.1. The fourth-order valence-corrected chi connectivity index (χ4v) is 1.48. The number of aromatic nitrogens is 2. The highest BCUT2D eigenvalue weighted by atomic mass is 16.1. The topological polar surface area (TPSA) is 87.0 Å². The quantitative estimate of drug-likeness (QED) is 0.724. The number of nitrogens with one attached hydrogen (secondary N) is 2. The zero-order valence-corrected chi connectivity index (χ0v) is 11.7. The first kappa shape index (κ1) is 14.5. The summed E-state index contributed by atoms with van der Waals surface area (Å²) in [4.78, 5) is 14.0. The van der Waals surface area contributed by atoms with Crippen LogP contribution in [0, 0.1) is 0 Å². The van der Waals surface area contributed by atoms with Crippen LogP contribution in [0.15, 0.2) is 0 Å². The number of rotatable bonds is 5. The van der Waals surface area contributed by atoms with Crippen molar-refractivity contribution >= 4 is 11.6 Å². The Labute approximate surface area is 108 Å². The first-order valence-corrected chi connectivity index (χ1v) is 6.13. The molecule has 1 aromatic heterocycles.